The van der Waals surface area contributed by atoms with Crippen LogP contribution in [0.5, 0.6) is 0 Å². The summed E-state index contributed by atoms with van der Waals surface area (Å²) in [6.45, 7) is 4.27. The number of nitrogens with one attached hydrogen (secondary N) is 1. The molecule has 0 radical (unpaired) electrons. The van der Waals surface area contributed by atoms with E-state index in [0.29, 0.717) is 6.04 Å². The van der Waals surface area contributed by atoms with Gasteiger partial charge in [0.15, 0.2) is 0 Å². The third-order valence-electron chi connectivity index (χ3n) is 3.20. The van der Waals surface area contributed by atoms with Crippen LogP contribution in [0.2, 0.25) is 0 Å². The quantitative estimate of drug-likeness (QED) is 0.784. The fraction of sp³-hybridized carbons (Fsp3) is 0.357. The van der Waals surface area contributed by atoms with Gasteiger partial charge in [-0.25, -0.2) is 0 Å². The monoisotopic (exact) mass is 287 g/mol. The topological polar surface area (TPSA) is 55.1 Å². The second kappa shape index (κ2) is 5.58. The van der Waals surface area contributed by atoms with Gasteiger partial charge in [0.1, 0.15) is 6.33 Å². The molecule has 5 nitrogen and oxygen atoms in total. The molecule has 0 saturated heterocycles. The lowest BCUT2D eigenvalue weighted by Crippen LogP contribution is -2.19. The fourth-order valence-electron chi connectivity index (χ4n) is 2.24. The van der Waals surface area contributed by atoms with E-state index in [1.165, 1.54) is 5.56 Å². The van der Waals surface area contributed by atoms with E-state index in [4.69, 9.17) is 0 Å². The predicted octanol–water partition coefficient (Wildman–Crippen LogP) is 2.79. The van der Waals surface area contributed by atoms with Gasteiger partial charge in [-0.3, -0.25) is 0 Å². The lowest BCUT2D eigenvalue weighted by atomic mass is 10.1. The number of aryl methyl sites for hydroxylation is 1. The Labute approximate surface area is 121 Å². The minimum Gasteiger partial charge on any atom is -0.379 e. The van der Waals surface area contributed by atoms with Crippen molar-refractivity contribution in [3.05, 3.63) is 40.5 Å². The number of hydrogen-bond donors (Lipinski definition) is 1. The van der Waals surface area contributed by atoms with Crippen molar-refractivity contribution in [3.63, 3.8) is 0 Å². The van der Waals surface area contributed by atoms with Gasteiger partial charge in [-0.15, -0.1) is 10.2 Å². The molecule has 1 atom stereocenters. The first-order valence-corrected chi connectivity index (χ1v) is 7.68. The van der Waals surface area contributed by atoms with Crippen molar-refractivity contribution in [1.82, 2.24) is 19.8 Å². The van der Waals surface area contributed by atoms with Crippen molar-refractivity contribution in [2.45, 2.75) is 32.7 Å². The minimum absolute atomic E-state index is 0.331. The Bertz CT molecular complexity index is 689. The number of fused-ring (bicyclic) bond motifs is 1. The van der Waals surface area contributed by atoms with Gasteiger partial charge < -0.3 is 5.32 Å². The average Bonchev–Trinajstić information content (AvgIpc) is 3.09. The SMILES string of the molecule is CCc1cc(NC(C)Cc2ccsc2)c2nncn2n1. The molecule has 0 aliphatic heterocycles. The van der Waals surface area contributed by atoms with Crippen LogP contribution in [-0.2, 0) is 12.8 Å². The Morgan fingerprint density at radius 1 is 1.45 bits per heavy atom. The molecule has 0 aromatic carbocycles. The molecule has 1 N–H and O–H groups in total. The lowest BCUT2D eigenvalue weighted by Gasteiger charge is -2.15. The lowest BCUT2D eigenvalue weighted by molar-refractivity contribution is 0.786. The maximum Gasteiger partial charge on any atom is 0.200 e. The molecule has 20 heavy (non-hydrogen) atoms. The van der Waals surface area contributed by atoms with Crippen LogP contribution < -0.4 is 5.32 Å². The van der Waals surface area contributed by atoms with E-state index in [2.05, 4.69) is 57.4 Å². The first-order chi connectivity index (χ1) is 9.76. The molecule has 0 bridgehead atoms. The van der Waals surface area contributed by atoms with Crippen molar-refractivity contribution in [3.8, 4) is 0 Å². The van der Waals surface area contributed by atoms with E-state index in [-0.39, 0.29) is 0 Å². The number of anilines is 1. The zero-order chi connectivity index (χ0) is 13.9. The maximum absolute atomic E-state index is 4.45. The first kappa shape index (κ1) is 13.1. The largest absolute Gasteiger partial charge is 0.379 e. The second-order valence-electron chi connectivity index (χ2n) is 4.88. The van der Waals surface area contributed by atoms with Gasteiger partial charge in [-0.2, -0.15) is 21.0 Å². The second-order valence-corrected chi connectivity index (χ2v) is 5.66. The molecular formula is C14H17N5S. The molecule has 1 unspecified atom stereocenters. The van der Waals surface area contributed by atoms with E-state index >= 15 is 0 Å². The van der Waals surface area contributed by atoms with Crippen molar-refractivity contribution in [2.24, 2.45) is 0 Å². The van der Waals surface area contributed by atoms with E-state index in [1.54, 1.807) is 22.2 Å². The number of hydrogen-bond acceptors (Lipinski definition) is 5. The highest BCUT2D eigenvalue weighted by molar-refractivity contribution is 7.07. The predicted molar refractivity (Wildman–Crippen MR) is 81.3 cm³/mol. The molecule has 3 aromatic rings. The highest BCUT2D eigenvalue weighted by atomic mass is 32.1. The number of nitrogens with zero attached hydrogens (tertiary/aromatic N) is 4. The standard InChI is InChI=1S/C14H17N5S/c1-3-12-7-13(14-17-15-9-19(14)18-12)16-10(2)6-11-4-5-20-8-11/h4-5,7-10,16H,3,6H2,1-2H3. The van der Waals surface area contributed by atoms with Gasteiger partial charge in [0, 0.05) is 6.04 Å². The molecule has 3 aromatic heterocycles. The zero-order valence-electron chi connectivity index (χ0n) is 11.6. The summed E-state index contributed by atoms with van der Waals surface area (Å²) in [5.41, 5.74) is 4.16. The van der Waals surface area contributed by atoms with Gasteiger partial charge in [0.05, 0.1) is 11.4 Å². The highest BCUT2D eigenvalue weighted by Gasteiger charge is 2.10. The average molecular weight is 287 g/mol. The van der Waals surface area contributed by atoms with Crippen LogP contribution in [0, 0.1) is 0 Å². The summed E-state index contributed by atoms with van der Waals surface area (Å²) >= 11 is 1.73. The Hall–Kier alpha value is -1.95. The smallest absolute Gasteiger partial charge is 0.200 e. The summed E-state index contributed by atoms with van der Waals surface area (Å²) in [5, 5.41) is 20.3. The number of rotatable bonds is 5. The van der Waals surface area contributed by atoms with Gasteiger partial charge in [0.2, 0.25) is 5.65 Å². The maximum atomic E-state index is 4.45. The molecule has 104 valence electrons. The zero-order valence-corrected chi connectivity index (χ0v) is 12.4. The normalized spacial score (nSPS) is 12.7. The van der Waals surface area contributed by atoms with Crippen LogP contribution in [0.1, 0.15) is 25.1 Å². The van der Waals surface area contributed by atoms with Crippen LogP contribution in [0.3, 0.4) is 0 Å². The Morgan fingerprint density at radius 3 is 3.10 bits per heavy atom. The Balaban J connectivity index is 1.84. The van der Waals surface area contributed by atoms with E-state index in [0.717, 1.165) is 29.9 Å². The molecule has 6 heteroatoms. The fourth-order valence-corrected chi connectivity index (χ4v) is 2.92. The van der Waals surface area contributed by atoms with Crippen molar-refractivity contribution >= 4 is 22.7 Å². The van der Waals surface area contributed by atoms with Gasteiger partial charge in [-0.1, -0.05) is 6.92 Å². The van der Waals surface area contributed by atoms with Crippen LogP contribution in [0.25, 0.3) is 5.65 Å². The van der Waals surface area contributed by atoms with E-state index < -0.39 is 0 Å². The Kier molecular flexibility index (Phi) is 3.64. The van der Waals surface area contributed by atoms with Gasteiger partial charge in [0.25, 0.3) is 0 Å². The van der Waals surface area contributed by atoms with Gasteiger partial charge in [-0.05, 0) is 48.2 Å². The summed E-state index contributed by atoms with van der Waals surface area (Å²) in [6, 6.07) is 4.56. The molecule has 0 amide bonds. The number of thiophene rings is 1. The molecule has 0 fully saturated rings. The molecule has 0 aliphatic carbocycles. The summed E-state index contributed by atoms with van der Waals surface area (Å²) in [7, 11) is 0. The third-order valence-corrected chi connectivity index (χ3v) is 3.94. The van der Waals surface area contributed by atoms with Crippen LogP contribution >= 0.6 is 11.3 Å². The molecule has 3 heterocycles. The molecule has 3 rings (SSSR count). The van der Waals surface area contributed by atoms with Crippen molar-refractivity contribution in [1.29, 1.82) is 0 Å². The van der Waals surface area contributed by atoms with E-state index in [9.17, 15) is 0 Å². The summed E-state index contributed by atoms with van der Waals surface area (Å²) in [6.07, 6.45) is 3.53. The number of aromatic nitrogens is 4. The minimum atomic E-state index is 0.331. The summed E-state index contributed by atoms with van der Waals surface area (Å²) < 4.78 is 1.73. The van der Waals surface area contributed by atoms with Crippen molar-refractivity contribution < 1.29 is 0 Å². The molecular weight excluding hydrogens is 270 g/mol. The Morgan fingerprint density at radius 2 is 2.35 bits per heavy atom. The highest BCUT2D eigenvalue weighted by Crippen LogP contribution is 2.18. The van der Waals surface area contributed by atoms with Crippen LogP contribution in [0.4, 0.5) is 5.69 Å². The van der Waals surface area contributed by atoms with Crippen molar-refractivity contribution in [2.75, 3.05) is 5.32 Å². The third kappa shape index (κ3) is 2.65. The van der Waals surface area contributed by atoms with Crippen LogP contribution in [0.15, 0.2) is 29.2 Å². The summed E-state index contributed by atoms with van der Waals surface area (Å²) in [5.74, 6) is 0. The van der Waals surface area contributed by atoms with Gasteiger partial charge >= 0.3 is 0 Å². The first-order valence-electron chi connectivity index (χ1n) is 6.74. The molecule has 0 aliphatic rings. The molecule has 0 spiro atoms. The molecule has 0 saturated carbocycles. The summed E-state index contributed by atoms with van der Waals surface area (Å²) in [4.78, 5) is 0. The van der Waals surface area contributed by atoms with Crippen LogP contribution in [-0.4, -0.2) is 25.9 Å². The van der Waals surface area contributed by atoms with E-state index in [1.807, 2.05) is 0 Å².